The highest BCUT2D eigenvalue weighted by molar-refractivity contribution is 6.05. The van der Waals surface area contributed by atoms with Gasteiger partial charge in [0.05, 0.1) is 30.6 Å². The molecule has 2 unspecified atom stereocenters. The molecule has 3 fully saturated rings. The number of hydrogen-bond acceptors (Lipinski definition) is 5. The molecular formula is C30H31N3O5. The molecule has 0 radical (unpaired) electrons. The number of amides is 3. The zero-order valence-corrected chi connectivity index (χ0v) is 21.2. The molecule has 8 nitrogen and oxygen atoms in total. The van der Waals surface area contributed by atoms with E-state index >= 15 is 0 Å². The number of anilines is 2. The molecule has 3 aromatic carbocycles. The first-order valence-corrected chi connectivity index (χ1v) is 13.2. The number of fused-ring (bicyclic) bond motifs is 2. The van der Waals surface area contributed by atoms with Gasteiger partial charge in [-0.3, -0.25) is 14.4 Å². The fourth-order valence-electron chi connectivity index (χ4n) is 6.72. The van der Waals surface area contributed by atoms with Crippen LogP contribution in [0, 0.1) is 11.8 Å². The van der Waals surface area contributed by atoms with Crippen LogP contribution in [-0.2, 0) is 19.1 Å². The lowest BCUT2D eigenvalue weighted by Gasteiger charge is -2.36. The summed E-state index contributed by atoms with van der Waals surface area (Å²) in [6, 6.07) is 21.1. The number of benzene rings is 3. The van der Waals surface area contributed by atoms with Gasteiger partial charge in [0.1, 0.15) is 11.6 Å². The zero-order valence-electron chi connectivity index (χ0n) is 21.2. The van der Waals surface area contributed by atoms with E-state index in [4.69, 9.17) is 4.74 Å². The van der Waals surface area contributed by atoms with E-state index in [2.05, 4.69) is 10.6 Å². The Hall–Kier alpha value is -3.75. The number of nitrogens with one attached hydrogen (secondary N) is 2. The molecule has 0 saturated carbocycles. The minimum Gasteiger partial charge on any atom is -0.394 e. The van der Waals surface area contributed by atoms with E-state index in [-0.39, 0.29) is 24.3 Å². The van der Waals surface area contributed by atoms with E-state index in [1.807, 2.05) is 67.6 Å². The molecule has 196 valence electrons. The van der Waals surface area contributed by atoms with Gasteiger partial charge < -0.3 is 25.4 Å². The SMILES string of the molecule is CC[C@@H](CO)N1C(=O)[C@@H]2[C@H](C(=O)Nc3ccccc3)[C@@H]3CCC2(O3)C1C(=O)Nc1ccc2ccccc2c1. The van der Waals surface area contributed by atoms with Gasteiger partial charge in [0.15, 0.2) is 0 Å². The van der Waals surface area contributed by atoms with Gasteiger partial charge >= 0.3 is 0 Å². The lowest BCUT2D eigenvalue weighted by molar-refractivity contribution is -0.143. The molecule has 0 aromatic heterocycles. The second-order valence-electron chi connectivity index (χ2n) is 10.5. The predicted molar refractivity (Wildman–Crippen MR) is 143 cm³/mol. The fourth-order valence-corrected chi connectivity index (χ4v) is 6.72. The lowest BCUT2D eigenvalue weighted by atomic mass is 9.70. The standard InChI is InChI=1S/C30H31N3O5/c1-2-22(17-34)33-26(28(36)32-21-13-12-18-8-6-7-9-19(18)16-21)30-15-14-23(38-30)24(25(30)29(33)37)27(35)31-20-10-4-3-5-11-20/h3-13,16,22-26,34H,2,14-15,17H2,1H3,(H,31,35)(H,32,36)/t22-,23-,24+,25-,26?,30?/m0/s1. The molecule has 3 aliphatic heterocycles. The van der Waals surface area contributed by atoms with Gasteiger partial charge in [-0.2, -0.15) is 0 Å². The van der Waals surface area contributed by atoms with Crippen molar-refractivity contribution >= 4 is 39.9 Å². The molecule has 38 heavy (non-hydrogen) atoms. The summed E-state index contributed by atoms with van der Waals surface area (Å²) < 4.78 is 6.47. The van der Waals surface area contributed by atoms with Crippen molar-refractivity contribution in [3.05, 3.63) is 72.8 Å². The van der Waals surface area contributed by atoms with Crippen LogP contribution in [0.2, 0.25) is 0 Å². The van der Waals surface area contributed by atoms with E-state index in [0.717, 1.165) is 10.8 Å². The van der Waals surface area contributed by atoms with E-state index in [9.17, 15) is 19.5 Å². The third kappa shape index (κ3) is 3.78. The Morgan fingerprint density at radius 1 is 1.00 bits per heavy atom. The molecule has 8 heteroatoms. The van der Waals surface area contributed by atoms with Gasteiger partial charge in [-0.25, -0.2) is 0 Å². The van der Waals surface area contributed by atoms with Crippen molar-refractivity contribution in [3.8, 4) is 0 Å². The second-order valence-corrected chi connectivity index (χ2v) is 10.5. The molecule has 6 atom stereocenters. The number of aliphatic hydroxyl groups excluding tert-OH is 1. The number of carbonyl (C=O) groups is 3. The second kappa shape index (κ2) is 9.53. The van der Waals surface area contributed by atoms with Crippen molar-refractivity contribution in [2.45, 2.75) is 50.0 Å². The molecule has 3 saturated heterocycles. The summed E-state index contributed by atoms with van der Waals surface area (Å²) in [5.41, 5.74) is 0.136. The minimum atomic E-state index is -1.12. The monoisotopic (exact) mass is 513 g/mol. The van der Waals surface area contributed by atoms with Gasteiger partial charge in [-0.05, 0) is 54.3 Å². The summed E-state index contributed by atoms with van der Waals surface area (Å²) in [7, 11) is 0. The van der Waals surface area contributed by atoms with Crippen LogP contribution in [0.25, 0.3) is 10.8 Å². The van der Waals surface area contributed by atoms with Crippen LogP contribution in [0.3, 0.4) is 0 Å². The maximum Gasteiger partial charge on any atom is 0.250 e. The van der Waals surface area contributed by atoms with Crippen molar-refractivity contribution in [3.63, 3.8) is 0 Å². The van der Waals surface area contributed by atoms with Gasteiger partial charge in [0.2, 0.25) is 17.7 Å². The summed E-state index contributed by atoms with van der Waals surface area (Å²) in [6.45, 7) is 1.59. The predicted octanol–water partition coefficient (Wildman–Crippen LogP) is 3.56. The molecule has 3 aromatic rings. The quantitative estimate of drug-likeness (QED) is 0.448. The van der Waals surface area contributed by atoms with Crippen LogP contribution in [0.4, 0.5) is 11.4 Å². The van der Waals surface area contributed by atoms with E-state index < -0.39 is 35.6 Å². The Bertz CT molecular complexity index is 1390. The first kappa shape index (κ1) is 24.6. The van der Waals surface area contributed by atoms with Crippen molar-refractivity contribution in [1.82, 2.24) is 4.90 Å². The number of rotatable bonds is 7. The normalized spacial score (nSPS) is 28.4. The number of para-hydroxylation sites is 1. The average Bonchev–Trinajstić information content (AvgIpc) is 3.57. The Morgan fingerprint density at radius 3 is 2.45 bits per heavy atom. The van der Waals surface area contributed by atoms with Crippen molar-refractivity contribution < 1.29 is 24.2 Å². The maximum atomic E-state index is 14.0. The Kier molecular flexibility index (Phi) is 6.16. The van der Waals surface area contributed by atoms with Crippen molar-refractivity contribution in [2.75, 3.05) is 17.2 Å². The summed E-state index contributed by atoms with van der Waals surface area (Å²) in [4.78, 5) is 43.0. The Labute approximate surface area is 221 Å². The van der Waals surface area contributed by atoms with Crippen LogP contribution in [-0.4, -0.2) is 58.1 Å². The van der Waals surface area contributed by atoms with Gasteiger partial charge in [-0.15, -0.1) is 0 Å². The average molecular weight is 514 g/mol. The van der Waals surface area contributed by atoms with E-state index in [1.54, 1.807) is 12.1 Å². The number of likely N-dealkylation sites (tertiary alicyclic amines) is 1. The number of ether oxygens (including phenoxy) is 1. The molecule has 0 aliphatic carbocycles. The number of hydrogen-bond donors (Lipinski definition) is 3. The van der Waals surface area contributed by atoms with Crippen molar-refractivity contribution in [2.24, 2.45) is 11.8 Å². The molecule has 2 bridgehead atoms. The van der Waals surface area contributed by atoms with Crippen LogP contribution < -0.4 is 10.6 Å². The minimum absolute atomic E-state index is 0.283. The third-order valence-electron chi connectivity index (χ3n) is 8.42. The lowest BCUT2D eigenvalue weighted by Crippen LogP contribution is -2.56. The topological polar surface area (TPSA) is 108 Å². The van der Waals surface area contributed by atoms with Crippen molar-refractivity contribution in [1.29, 1.82) is 0 Å². The largest absolute Gasteiger partial charge is 0.394 e. The number of aliphatic hydroxyl groups is 1. The first-order valence-electron chi connectivity index (χ1n) is 13.2. The molecule has 6 rings (SSSR count). The summed E-state index contributed by atoms with van der Waals surface area (Å²) in [5.74, 6) is -2.46. The van der Waals surface area contributed by atoms with Gasteiger partial charge in [0, 0.05) is 11.4 Å². The molecule has 3 heterocycles. The van der Waals surface area contributed by atoms with Gasteiger partial charge in [-0.1, -0.05) is 55.5 Å². The fraction of sp³-hybridized carbons (Fsp3) is 0.367. The molecule has 3 aliphatic rings. The Morgan fingerprint density at radius 2 is 1.71 bits per heavy atom. The van der Waals surface area contributed by atoms with Crippen LogP contribution in [0.5, 0.6) is 0 Å². The smallest absolute Gasteiger partial charge is 0.250 e. The highest BCUT2D eigenvalue weighted by Crippen LogP contribution is 2.59. The van der Waals surface area contributed by atoms with E-state index in [1.165, 1.54) is 4.90 Å². The summed E-state index contributed by atoms with van der Waals surface area (Å²) in [6.07, 6.45) is 1.10. The van der Waals surface area contributed by atoms with Crippen LogP contribution in [0.15, 0.2) is 72.8 Å². The zero-order chi connectivity index (χ0) is 26.4. The van der Waals surface area contributed by atoms with Crippen LogP contribution in [0.1, 0.15) is 26.2 Å². The molecular weight excluding hydrogens is 482 g/mol. The number of nitrogens with zero attached hydrogens (tertiary/aromatic N) is 1. The maximum absolute atomic E-state index is 14.0. The first-order chi connectivity index (χ1) is 18.5. The van der Waals surface area contributed by atoms with E-state index in [0.29, 0.717) is 30.6 Å². The summed E-state index contributed by atoms with van der Waals surface area (Å²) >= 11 is 0. The highest BCUT2D eigenvalue weighted by Gasteiger charge is 2.75. The third-order valence-corrected chi connectivity index (χ3v) is 8.42. The van der Waals surface area contributed by atoms with Gasteiger partial charge in [0.25, 0.3) is 0 Å². The Balaban J connectivity index is 1.34. The van der Waals surface area contributed by atoms with Crippen LogP contribution >= 0.6 is 0 Å². The molecule has 3 amide bonds. The number of carbonyl (C=O) groups excluding carboxylic acids is 3. The summed E-state index contributed by atoms with van der Waals surface area (Å²) in [5, 5.41) is 18.1. The highest BCUT2D eigenvalue weighted by atomic mass is 16.5. The molecule has 3 N–H and O–H groups in total. The molecule has 1 spiro atoms.